The van der Waals surface area contributed by atoms with Gasteiger partial charge in [-0.3, -0.25) is 4.98 Å². The zero-order chi connectivity index (χ0) is 16.3. The summed E-state index contributed by atoms with van der Waals surface area (Å²) in [4.78, 5) is 9.04. The fourth-order valence-electron chi connectivity index (χ4n) is 2.36. The quantitative estimate of drug-likeness (QED) is 0.277. The van der Waals surface area contributed by atoms with Crippen molar-refractivity contribution < 1.29 is 9.47 Å². The second kappa shape index (κ2) is 12.4. The number of rotatable bonds is 8. The van der Waals surface area contributed by atoms with E-state index < -0.39 is 0 Å². The molecule has 0 amide bonds. The SMILES string of the molecule is CCNC(=NCc1cccc(C)n1)NCCCOC1CCOC1.I. The first kappa shape index (κ1) is 21.1. The van der Waals surface area contributed by atoms with E-state index >= 15 is 0 Å². The second-order valence-corrected chi connectivity index (χ2v) is 5.60. The number of halogens is 1. The van der Waals surface area contributed by atoms with Gasteiger partial charge in [-0.15, -0.1) is 24.0 Å². The summed E-state index contributed by atoms with van der Waals surface area (Å²) in [5, 5.41) is 6.58. The fourth-order valence-corrected chi connectivity index (χ4v) is 2.36. The third kappa shape index (κ3) is 8.25. The summed E-state index contributed by atoms with van der Waals surface area (Å²) < 4.78 is 11.0. The summed E-state index contributed by atoms with van der Waals surface area (Å²) in [7, 11) is 0. The Balaban J connectivity index is 0.00000288. The minimum atomic E-state index is 0. The van der Waals surface area contributed by atoms with Crippen molar-refractivity contribution in [3.63, 3.8) is 0 Å². The van der Waals surface area contributed by atoms with Crippen LogP contribution in [0, 0.1) is 6.92 Å². The van der Waals surface area contributed by atoms with E-state index in [2.05, 4.69) is 27.5 Å². The van der Waals surface area contributed by atoms with Gasteiger partial charge in [-0.2, -0.15) is 0 Å². The Kier molecular flexibility index (Phi) is 10.9. The molecule has 136 valence electrons. The molecule has 1 unspecified atom stereocenters. The van der Waals surface area contributed by atoms with Crippen LogP contribution < -0.4 is 10.6 Å². The van der Waals surface area contributed by atoms with Crippen molar-refractivity contribution in [3.05, 3.63) is 29.6 Å². The Labute approximate surface area is 161 Å². The predicted octanol–water partition coefficient (Wildman–Crippen LogP) is 2.26. The van der Waals surface area contributed by atoms with Gasteiger partial charge in [-0.1, -0.05) is 6.07 Å². The summed E-state index contributed by atoms with van der Waals surface area (Å²) in [6.45, 7) is 8.61. The van der Waals surface area contributed by atoms with Crippen LogP contribution in [0.1, 0.15) is 31.2 Å². The van der Waals surface area contributed by atoms with Crippen LogP contribution in [0.15, 0.2) is 23.2 Å². The van der Waals surface area contributed by atoms with E-state index in [1.165, 1.54) is 0 Å². The largest absolute Gasteiger partial charge is 0.379 e. The number of hydrogen-bond acceptors (Lipinski definition) is 4. The average Bonchev–Trinajstić information content (AvgIpc) is 3.05. The number of aryl methyl sites for hydroxylation is 1. The molecule has 1 saturated heterocycles. The van der Waals surface area contributed by atoms with Gasteiger partial charge in [0.15, 0.2) is 5.96 Å². The average molecular weight is 448 g/mol. The fraction of sp³-hybridized carbons (Fsp3) is 0.647. The number of guanidine groups is 1. The Morgan fingerprint density at radius 2 is 2.29 bits per heavy atom. The summed E-state index contributed by atoms with van der Waals surface area (Å²) in [6, 6.07) is 6.00. The molecule has 1 aromatic rings. The first-order valence-electron chi connectivity index (χ1n) is 8.42. The molecule has 1 atom stereocenters. The highest BCUT2D eigenvalue weighted by atomic mass is 127. The number of aromatic nitrogens is 1. The molecule has 2 rings (SSSR count). The third-order valence-corrected chi connectivity index (χ3v) is 3.54. The zero-order valence-corrected chi connectivity index (χ0v) is 16.9. The molecule has 0 spiro atoms. The van der Waals surface area contributed by atoms with Crippen molar-refractivity contribution >= 4 is 29.9 Å². The Bertz CT molecular complexity index is 493. The molecule has 1 aromatic heterocycles. The summed E-state index contributed by atoms with van der Waals surface area (Å²) in [5.74, 6) is 0.819. The van der Waals surface area contributed by atoms with Gasteiger partial charge in [0.05, 0.1) is 24.9 Å². The van der Waals surface area contributed by atoms with Crippen LogP contribution in [-0.4, -0.2) is 50.0 Å². The number of pyridine rings is 1. The van der Waals surface area contributed by atoms with Gasteiger partial charge < -0.3 is 20.1 Å². The van der Waals surface area contributed by atoms with Crippen LogP contribution in [0.5, 0.6) is 0 Å². The molecule has 1 aliphatic heterocycles. The molecule has 1 aliphatic rings. The number of nitrogens with zero attached hydrogens (tertiary/aromatic N) is 2. The maximum atomic E-state index is 5.75. The van der Waals surface area contributed by atoms with E-state index in [9.17, 15) is 0 Å². The maximum Gasteiger partial charge on any atom is 0.191 e. The first-order chi connectivity index (χ1) is 11.3. The smallest absolute Gasteiger partial charge is 0.191 e. The van der Waals surface area contributed by atoms with E-state index in [1.807, 2.05) is 25.1 Å². The van der Waals surface area contributed by atoms with Crippen LogP contribution in [0.3, 0.4) is 0 Å². The van der Waals surface area contributed by atoms with Gasteiger partial charge in [-0.25, -0.2) is 4.99 Å². The van der Waals surface area contributed by atoms with Crippen molar-refractivity contribution in [1.82, 2.24) is 15.6 Å². The number of aliphatic imine (C=N–C) groups is 1. The Hall–Kier alpha value is -0.930. The van der Waals surface area contributed by atoms with Crippen molar-refractivity contribution in [2.45, 2.75) is 39.3 Å². The molecule has 0 aliphatic carbocycles. The summed E-state index contributed by atoms with van der Waals surface area (Å²) >= 11 is 0. The normalized spacial score (nSPS) is 17.4. The second-order valence-electron chi connectivity index (χ2n) is 5.60. The van der Waals surface area contributed by atoms with Gasteiger partial charge in [0.1, 0.15) is 0 Å². The minimum Gasteiger partial charge on any atom is -0.379 e. The lowest BCUT2D eigenvalue weighted by molar-refractivity contribution is 0.0420. The lowest BCUT2D eigenvalue weighted by Gasteiger charge is -2.13. The molecule has 0 saturated carbocycles. The Morgan fingerprint density at radius 1 is 1.42 bits per heavy atom. The molecule has 1 fully saturated rings. The van der Waals surface area contributed by atoms with Gasteiger partial charge in [0.25, 0.3) is 0 Å². The minimum absolute atomic E-state index is 0. The van der Waals surface area contributed by atoms with Crippen molar-refractivity contribution in [2.75, 3.05) is 32.9 Å². The molecular weight excluding hydrogens is 419 g/mol. The molecule has 0 aromatic carbocycles. The number of nitrogens with one attached hydrogen (secondary N) is 2. The lowest BCUT2D eigenvalue weighted by Crippen LogP contribution is -2.38. The van der Waals surface area contributed by atoms with Crippen LogP contribution >= 0.6 is 24.0 Å². The first-order valence-corrected chi connectivity index (χ1v) is 8.42. The standard InChI is InChI=1S/C17H28N4O2.HI/c1-3-18-17(20-12-15-7-4-6-14(2)21-15)19-9-5-10-23-16-8-11-22-13-16;/h4,6-7,16H,3,5,8-13H2,1-2H3,(H2,18,19,20);1H. The monoisotopic (exact) mass is 448 g/mol. The molecule has 0 bridgehead atoms. The molecule has 0 radical (unpaired) electrons. The topological polar surface area (TPSA) is 67.8 Å². The molecule has 6 nitrogen and oxygen atoms in total. The van der Waals surface area contributed by atoms with Crippen LogP contribution in [0.25, 0.3) is 0 Å². The number of hydrogen-bond donors (Lipinski definition) is 2. The van der Waals surface area contributed by atoms with Crippen LogP contribution in [0.2, 0.25) is 0 Å². The molecule has 2 N–H and O–H groups in total. The van der Waals surface area contributed by atoms with Crippen LogP contribution in [-0.2, 0) is 16.0 Å². The highest BCUT2D eigenvalue weighted by Gasteiger charge is 2.15. The van der Waals surface area contributed by atoms with Gasteiger partial charge in [0.2, 0.25) is 0 Å². The van der Waals surface area contributed by atoms with Gasteiger partial charge >= 0.3 is 0 Å². The maximum absolute atomic E-state index is 5.75. The summed E-state index contributed by atoms with van der Waals surface area (Å²) in [5.41, 5.74) is 2.00. The van der Waals surface area contributed by atoms with E-state index in [0.29, 0.717) is 6.54 Å². The lowest BCUT2D eigenvalue weighted by atomic mass is 10.3. The highest BCUT2D eigenvalue weighted by molar-refractivity contribution is 14.0. The van der Waals surface area contributed by atoms with E-state index in [0.717, 1.165) is 63.1 Å². The molecule has 24 heavy (non-hydrogen) atoms. The third-order valence-electron chi connectivity index (χ3n) is 3.54. The molecular formula is C17H29IN4O2. The van der Waals surface area contributed by atoms with Crippen molar-refractivity contribution in [2.24, 2.45) is 4.99 Å². The van der Waals surface area contributed by atoms with Crippen LogP contribution in [0.4, 0.5) is 0 Å². The van der Waals surface area contributed by atoms with E-state index in [-0.39, 0.29) is 30.1 Å². The van der Waals surface area contributed by atoms with E-state index in [4.69, 9.17) is 9.47 Å². The molecule has 2 heterocycles. The Morgan fingerprint density at radius 3 is 3.00 bits per heavy atom. The molecule has 7 heteroatoms. The van der Waals surface area contributed by atoms with Crippen molar-refractivity contribution in [1.29, 1.82) is 0 Å². The van der Waals surface area contributed by atoms with Gasteiger partial charge in [-0.05, 0) is 38.8 Å². The highest BCUT2D eigenvalue weighted by Crippen LogP contribution is 2.07. The van der Waals surface area contributed by atoms with E-state index in [1.54, 1.807) is 0 Å². The number of ether oxygens (including phenoxy) is 2. The van der Waals surface area contributed by atoms with Gasteiger partial charge in [0, 0.05) is 32.0 Å². The van der Waals surface area contributed by atoms with Crippen molar-refractivity contribution in [3.8, 4) is 0 Å². The predicted molar refractivity (Wildman–Crippen MR) is 107 cm³/mol. The zero-order valence-electron chi connectivity index (χ0n) is 14.6. The summed E-state index contributed by atoms with van der Waals surface area (Å²) in [6.07, 6.45) is 2.24.